The molecule has 0 radical (unpaired) electrons. The molecule has 0 aliphatic heterocycles. The SMILES string of the molecule is CCOC(=O)Cn1nc(C)c(-c2ccccc2Nc2ccc(C(F)(F)F)cc2)c1C. The zero-order chi connectivity index (χ0) is 21.9. The molecule has 0 saturated carbocycles. The number of esters is 1. The summed E-state index contributed by atoms with van der Waals surface area (Å²) in [6.07, 6.45) is -4.38. The number of anilines is 2. The van der Waals surface area contributed by atoms with Crippen molar-refractivity contribution in [3.05, 3.63) is 65.5 Å². The predicted octanol–water partition coefficient (Wildman–Crippen LogP) is 5.49. The molecular weight excluding hydrogens is 395 g/mol. The molecule has 0 spiro atoms. The maximum Gasteiger partial charge on any atom is 0.416 e. The second-order valence-electron chi connectivity index (χ2n) is 6.75. The number of aromatic nitrogens is 2. The highest BCUT2D eigenvalue weighted by Gasteiger charge is 2.30. The van der Waals surface area contributed by atoms with Crippen LogP contribution >= 0.6 is 0 Å². The van der Waals surface area contributed by atoms with Gasteiger partial charge in [0.05, 0.1) is 17.9 Å². The molecule has 1 heterocycles. The number of aryl methyl sites for hydroxylation is 1. The van der Waals surface area contributed by atoms with E-state index >= 15 is 0 Å². The van der Waals surface area contributed by atoms with Crippen LogP contribution in [0.2, 0.25) is 0 Å². The van der Waals surface area contributed by atoms with Crippen molar-refractivity contribution in [1.82, 2.24) is 9.78 Å². The van der Waals surface area contributed by atoms with E-state index in [0.717, 1.165) is 40.3 Å². The lowest BCUT2D eigenvalue weighted by Crippen LogP contribution is -2.15. The molecule has 5 nitrogen and oxygen atoms in total. The number of carbonyl (C=O) groups is 1. The van der Waals surface area contributed by atoms with E-state index in [4.69, 9.17) is 4.74 Å². The molecule has 0 saturated heterocycles. The van der Waals surface area contributed by atoms with Gasteiger partial charge in [-0.3, -0.25) is 9.48 Å². The zero-order valence-electron chi connectivity index (χ0n) is 16.9. The average Bonchev–Trinajstić information content (AvgIpc) is 2.95. The van der Waals surface area contributed by atoms with Gasteiger partial charge in [-0.25, -0.2) is 0 Å². The van der Waals surface area contributed by atoms with Crippen LogP contribution in [0.1, 0.15) is 23.9 Å². The Morgan fingerprint density at radius 3 is 2.40 bits per heavy atom. The molecule has 158 valence electrons. The summed E-state index contributed by atoms with van der Waals surface area (Å²) in [5.41, 5.74) is 3.77. The Morgan fingerprint density at radius 2 is 1.77 bits per heavy atom. The minimum atomic E-state index is -4.38. The fourth-order valence-corrected chi connectivity index (χ4v) is 3.28. The van der Waals surface area contributed by atoms with Crippen LogP contribution < -0.4 is 5.32 Å². The van der Waals surface area contributed by atoms with Gasteiger partial charge < -0.3 is 10.1 Å². The highest BCUT2D eigenvalue weighted by atomic mass is 19.4. The normalized spacial score (nSPS) is 11.4. The van der Waals surface area contributed by atoms with E-state index in [2.05, 4.69) is 10.4 Å². The number of nitrogens with one attached hydrogen (secondary N) is 1. The van der Waals surface area contributed by atoms with E-state index in [9.17, 15) is 18.0 Å². The van der Waals surface area contributed by atoms with Crippen molar-refractivity contribution in [3.8, 4) is 11.1 Å². The minimum absolute atomic E-state index is 0.00894. The summed E-state index contributed by atoms with van der Waals surface area (Å²) in [6, 6.07) is 12.3. The average molecular weight is 417 g/mol. The Labute approximate surface area is 172 Å². The summed E-state index contributed by atoms with van der Waals surface area (Å²) in [7, 11) is 0. The van der Waals surface area contributed by atoms with E-state index in [1.807, 2.05) is 38.1 Å². The number of hydrogen-bond donors (Lipinski definition) is 1. The van der Waals surface area contributed by atoms with E-state index in [1.54, 1.807) is 11.6 Å². The third-order valence-electron chi connectivity index (χ3n) is 4.65. The van der Waals surface area contributed by atoms with Gasteiger partial charge in [0.15, 0.2) is 0 Å². The molecular formula is C22H22F3N3O2. The smallest absolute Gasteiger partial charge is 0.416 e. The largest absolute Gasteiger partial charge is 0.465 e. The molecule has 0 unspecified atom stereocenters. The highest BCUT2D eigenvalue weighted by molar-refractivity contribution is 5.83. The Morgan fingerprint density at radius 1 is 1.10 bits per heavy atom. The first-order valence-corrected chi connectivity index (χ1v) is 9.44. The van der Waals surface area contributed by atoms with Crippen molar-refractivity contribution in [2.45, 2.75) is 33.5 Å². The van der Waals surface area contributed by atoms with E-state index < -0.39 is 11.7 Å². The van der Waals surface area contributed by atoms with Crippen molar-refractivity contribution < 1.29 is 22.7 Å². The molecule has 3 aromatic rings. The van der Waals surface area contributed by atoms with Crippen LogP contribution in [-0.2, 0) is 22.3 Å². The van der Waals surface area contributed by atoms with E-state index in [-0.39, 0.29) is 12.5 Å². The maximum atomic E-state index is 12.8. The van der Waals surface area contributed by atoms with Crippen LogP contribution in [0.25, 0.3) is 11.1 Å². The quantitative estimate of drug-likeness (QED) is 0.539. The van der Waals surface area contributed by atoms with Crippen molar-refractivity contribution in [3.63, 3.8) is 0 Å². The third-order valence-corrected chi connectivity index (χ3v) is 4.65. The van der Waals surface area contributed by atoms with Crippen LogP contribution in [0.5, 0.6) is 0 Å². The highest BCUT2D eigenvalue weighted by Crippen LogP contribution is 2.35. The first kappa shape index (κ1) is 21.4. The first-order valence-electron chi connectivity index (χ1n) is 9.44. The molecule has 8 heteroatoms. The summed E-state index contributed by atoms with van der Waals surface area (Å²) in [6.45, 7) is 5.76. The van der Waals surface area contributed by atoms with Gasteiger partial charge in [-0.1, -0.05) is 18.2 Å². The van der Waals surface area contributed by atoms with Crippen LogP contribution in [-0.4, -0.2) is 22.4 Å². The lowest BCUT2D eigenvalue weighted by atomic mass is 10.0. The van der Waals surface area contributed by atoms with Crippen LogP contribution in [0.15, 0.2) is 48.5 Å². The van der Waals surface area contributed by atoms with Gasteiger partial charge in [-0.2, -0.15) is 18.3 Å². The summed E-state index contributed by atoms with van der Waals surface area (Å²) in [5.74, 6) is -0.370. The number of ether oxygens (including phenoxy) is 1. The molecule has 0 aliphatic rings. The maximum absolute atomic E-state index is 12.8. The van der Waals surface area contributed by atoms with Gasteiger partial charge in [0.2, 0.25) is 0 Å². The Balaban J connectivity index is 1.92. The van der Waals surface area contributed by atoms with Crippen molar-refractivity contribution in [1.29, 1.82) is 0 Å². The second kappa shape index (κ2) is 8.61. The molecule has 0 amide bonds. The van der Waals surface area contributed by atoms with Gasteiger partial charge in [0, 0.05) is 28.2 Å². The number of carbonyl (C=O) groups excluding carboxylic acids is 1. The van der Waals surface area contributed by atoms with Gasteiger partial charge in [-0.15, -0.1) is 0 Å². The van der Waals surface area contributed by atoms with Crippen molar-refractivity contribution in [2.75, 3.05) is 11.9 Å². The number of alkyl halides is 3. The fraction of sp³-hybridized carbons (Fsp3) is 0.273. The molecule has 2 aromatic carbocycles. The predicted molar refractivity (Wildman–Crippen MR) is 108 cm³/mol. The second-order valence-corrected chi connectivity index (χ2v) is 6.75. The molecule has 0 atom stereocenters. The Hall–Kier alpha value is -3.29. The molecule has 0 fully saturated rings. The molecule has 1 N–H and O–H groups in total. The number of benzene rings is 2. The molecule has 3 rings (SSSR count). The van der Waals surface area contributed by atoms with Gasteiger partial charge in [0.1, 0.15) is 6.54 Å². The monoisotopic (exact) mass is 417 g/mol. The summed E-state index contributed by atoms with van der Waals surface area (Å²) >= 11 is 0. The van der Waals surface area contributed by atoms with Gasteiger partial charge >= 0.3 is 12.1 Å². The van der Waals surface area contributed by atoms with E-state index in [0.29, 0.717) is 12.3 Å². The summed E-state index contributed by atoms with van der Waals surface area (Å²) in [4.78, 5) is 11.9. The lowest BCUT2D eigenvalue weighted by molar-refractivity contribution is -0.144. The number of rotatable bonds is 6. The topological polar surface area (TPSA) is 56.2 Å². The number of para-hydroxylation sites is 1. The number of hydrogen-bond acceptors (Lipinski definition) is 4. The molecule has 0 aliphatic carbocycles. The van der Waals surface area contributed by atoms with Gasteiger partial charge in [0.25, 0.3) is 0 Å². The lowest BCUT2D eigenvalue weighted by Gasteiger charge is -2.14. The van der Waals surface area contributed by atoms with Crippen molar-refractivity contribution >= 4 is 17.3 Å². The zero-order valence-corrected chi connectivity index (χ0v) is 16.9. The Bertz CT molecular complexity index is 1040. The standard InChI is InChI=1S/C22H22F3N3O2/c1-4-30-20(29)13-28-15(3)21(14(2)27-28)18-7-5-6-8-19(18)26-17-11-9-16(10-12-17)22(23,24)25/h5-12,26H,4,13H2,1-3H3. The van der Waals surface area contributed by atoms with Crippen LogP contribution in [0.3, 0.4) is 0 Å². The number of nitrogens with zero attached hydrogens (tertiary/aromatic N) is 2. The molecule has 1 aromatic heterocycles. The number of halogens is 3. The summed E-state index contributed by atoms with van der Waals surface area (Å²) in [5, 5.41) is 7.64. The third kappa shape index (κ3) is 4.64. The molecule has 30 heavy (non-hydrogen) atoms. The minimum Gasteiger partial charge on any atom is -0.465 e. The van der Waals surface area contributed by atoms with Crippen LogP contribution in [0, 0.1) is 13.8 Å². The van der Waals surface area contributed by atoms with Crippen molar-refractivity contribution in [2.24, 2.45) is 0 Å². The van der Waals surface area contributed by atoms with E-state index in [1.165, 1.54) is 12.1 Å². The molecule has 0 bridgehead atoms. The summed E-state index contributed by atoms with van der Waals surface area (Å²) < 4.78 is 45.0. The fourth-order valence-electron chi connectivity index (χ4n) is 3.28. The van der Waals surface area contributed by atoms with Gasteiger partial charge in [-0.05, 0) is 51.1 Å². The first-order chi connectivity index (χ1) is 14.2. The Kier molecular flexibility index (Phi) is 6.14. The van der Waals surface area contributed by atoms with Crippen LogP contribution in [0.4, 0.5) is 24.5 Å².